The SMILES string of the molecule is OC1CCC(OCOCC2CO2)CC1. The molecule has 1 aliphatic heterocycles. The predicted molar refractivity (Wildman–Crippen MR) is 49.9 cm³/mol. The number of aliphatic hydroxyl groups is 1. The molecule has 0 spiro atoms. The largest absolute Gasteiger partial charge is 0.393 e. The van der Waals surface area contributed by atoms with Gasteiger partial charge in [-0.15, -0.1) is 0 Å². The smallest absolute Gasteiger partial charge is 0.147 e. The molecular formula is C10H18O4. The van der Waals surface area contributed by atoms with E-state index in [1.54, 1.807) is 0 Å². The summed E-state index contributed by atoms with van der Waals surface area (Å²) >= 11 is 0. The van der Waals surface area contributed by atoms with Crippen LogP contribution in [-0.2, 0) is 14.2 Å². The van der Waals surface area contributed by atoms with Crippen LogP contribution in [0.25, 0.3) is 0 Å². The molecule has 2 fully saturated rings. The fraction of sp³-hybridized carbons (Fsp3) is 1.00. The van der Waals surface area contributed by atoms with Crippen molar-refractivity contribution in [1.82, 2.24) is 0 Å². The Hall–Kier alpha value is -0.160. The van der Waals surface area contributed by atoms with E-state index in [0.717, 1.165) is 32.3 Å². The molecule has 0 aromatic rings. The molecule has 0 aromatic heterocycles. The van der Waals surface area contributed by atoms with Crippen molar-refractivity contribution in [2.45, 2.75) is 44.0 Å². The maximum absolute atomic E-state index is 9.28. The zero-order chi connectivity index (χ0) is 9.80. The van der Waals surface area contributed by atoms with Gasteiger partial charge in [-0.25, -0.2) is 0 Å². The Morgan fingerprint density at radius 2 is 1.93 bits per heavy atom. The summed E-state index contributed by atoms with van der Waals surface area (Å²) in [6, 6.07) is 0. The van der Waals surface area contributed by atoms with Gasteiger partial charge in [-0.2, -0.15) is 0 Å². The summed E-state index contributed by atoms with van der Waals surface area (Å²) in [5.41, 5.74) is 0. The van der Waals surface area contributed by atoms with Crippen molar-refractivity contribution < 1.29 is 19.3 Å². The highest BCUT2D eigenvalue weighted by Gasteiger charge is 2.23. The van der Waals surface area contributed by atoms with Crippen LogP contribution in [0.4, 0.5) is 0 Å². The molecule has 82 valence electrons. The van der Waals surface area contributed by atoms with E-state index in [4.69, 9.17) is 14.2 Å². The molecule has 1 heterocycles. The first-order chi connectivity index (χ1) is 6.84. The molecule has 0 radical (unpaired) electrons. The zero-order valence-electron chi connectivity index (χ0n) is 8.35. The van der Waals surface area contributed by atoms with Crippen LogP contribution in [0.5, 0.6) is 0 Å². The molecule has 1 aliphatic carbocycles. The minimum Gasteiger partial charge on any atom is -0.393 e. The van der Waals surface area contributed by atoms with Crippen molar-refractivity contribution in [3.63, 3.8) is 0 Å². The first-order valence-electron chi connectivity index (χ1n) is 5.33. The molecule has 0 bridgehead atoms. The molecule has 1 saturated carbocycles. The van der Waals surface area contributed by atoms with E-state index in [1.165, 1.54) is 0 Å². The van der Waals surface area contributed by atoms with E-state index in [1.807, 2.05) is 0 Å². The van der Waals surface area contributed by atoms with Gasteiger partial charge in [0.25, 0.3) is 0 Å². The van der Waals surface area contributed by atoms with Gasteiger partial charge in [0.15, 0.2) is 0 Å². The molecule has 0 aromatic carbocycles. The summed E-state index contributed by atoms with van der Waals surface area (Å²) in [5, 5.41) is 9.28. The molecular weight excluding hydrogens is 184 g/mol. The Balaban J connectivity index is 1.47. The molecule has 1 saturated heterocycles. The number of rotatable bonds is 5. The highest BCUT2D eigenvalue weighted by Crippen LogP contribution is 2.20. The summed E-state index contributed by atoms with van der Waals surface area (Å²) in [6.45, 7) is 1.84. The van der Waals surface area contributed by atoms with Crippen LogP contribution < -0.4 is 0 Å². The average molecular weight is 202 g/mol. The Bertz CT molecular complexity index is 162. The first-order valence-corrected chi connectivity index (χ1v) is 5.33. The van der Waals surface area contributed by atoms with E-state index >= 15 is 0 Å². The Morgan fingerprint density at radius 1 is 1.21 bits per heavy atom. The number of hydrogen-bond donors (Lipinski definition) is 1. The minimum absolute atomic E-state index is 0.115. The van der Waals surface area contributed by atoms with Gasteiger partial charge < -0.3 is 19.3 Å². The van der Waals surface area contributed by atoms with Crippen LogP contribution in [-0.4, -0.2) is 43.4 Å². The molecule has 2 rings (SSSR count). The molecule has 1 atom stereocenters. The fourth-order valence-corrected chi connectivity index (χ4v) is 1.70. The Kier molecular flexibility index (Phi) is 3.75. The molecule has 14 heavy (non-hydrogen) atoms. The predicted octanol–water partition coefficient (Wildman–Crippen LogP) is 0.679. The lowest BCUT2D eigenvalue weighted by Crippen LogP contribution is -2.25. The lowest BCUT2D eigenvalue weighted by atomic mass is 9.95. The molecule has 2 aliphatic rings. The second-order valence-corrected chi connectivity index (χ2v) is 4.04. The summed E-state index contributed by atoms with van der Waals surface area (Å²) in [5.74, 6) is 0. The Morgan fingerprint density at radius 3 is 2.57 bits per heavy atom. The van der Waals surface area contributed by atoms with Crippen molar-refractivity contribution in [2.24, 2.45) is 0 Å². The van der Waals surface area contributed by atoms with E-state index in [2.05, 4.69) is 0 Å². The van der Waals surface area contributed by atoms with Crippen molar-refractivity contribution in [3.8, 4) is 0 Å². The second-order valence-electron chi connectivity index (χ2n) is 4.04. The first kappa shape index (κ1) is 10.4. The van der Waals surface area contributed by atoms with Crippen LogP contribution in [0.15, 0.2) is 0 Å². The standard InChI is InChI=1S/C10H18O4/c11-8-1-3-9(4-2-8)14-7-12-5-10-6-13-10/h8-11H,1-7H2. The normalized spacial score (nSPS) is 37.1. The van der Waals surface area contributed by atoms with Gasteiger partial charge >= 0.3 is 0 Å². The van der Waals surface area contributed by atoms with Gasteiger partial charge in [0, 0.05) is 0 Å². The third-order valence-electron chi connectivity index (χ3n) is 2.74. The van der Waals surface area contributed by atoms with Crippen molar-refractivity contribution in [3.05, 3.63) is 0 Å². The molecule has 0 amide bonds. The van der Waals surface area contributed by atoms with E-state index in [0.29, 0.717) is 19.5 Å². The molecule has 1 N–H and O–H groups in total. The Labute approximate surface area is 84.1 Å². The quantitative estimate of drug-likeness (QED) is 0.404. The summed E-state index contributed by atoms with van der Waals surface area (Å²) in [4.78, 5) is 0. The summed E-state index contributed by atoms with van der Waals surface area (Å²) in [7, 11) is 0. The number of hydrogen-bond acceptors (Lipinski definition) is 4. The zero-order valence-corrected chi connectivity index (χ0v) is 8.35. The number of aliphatic hydroxyl groups excluding tert-OH is 1. The van der Waals surface area contributed by atoms with Gasteiger partial charge in [-0.05, 0) is 25.7 Å². The highest BCUT2D eigenvalue weighted by atomic mass is 16.7. The maximum Gasteiger partial charge on any atom is 0.147 e. The van der Waals surface area contributed by atoms with Gasteiger partial charge in [0.05, 0.1) is 25.4 Å². The van der Waals surface area contributed by atoms with Gasteiger partial charge in [0.2, 0.25) is 0 Å². The van der Waals surface area contributed by atoms with Crippen LogP contribution in [0.3, 0.4) is 0 Å². The van der Waals surface area contributed by atoms with Crippen LogP contribution in [0.2, 0.25) is 0 Å². The van der Waals surface area contributed by atoms with Crippen molar-refractivity contribution >= 4 is 0 Å². The molecule has 4 nitrogen and oxygen atoms in total. The molecule has 4 heteroatoms. The van der Waals surface area contributed by atoms with Gasteiger partial charge in [-0.1, -0.05) is 0 Å². The number of epoxide rings is 1. The topological polar surface area (TPSA) is 51.2 Å². The monoisotopic (exact) mass is 202 g/mol. The summed E-state index contributed by atoms with van der Waals surface area (Å²) in [6.07, 6.45) is 4.09. The van der Waals surface area contributed by atoms with Crippen molar-refractivity contribution in [2.75, 3.05) is 20.0 Å². The minimum atomic E-state index is -0.115. The third kappa shape index (κ3) is 3.53. The van der Waals surface area contributed by atoms with Crippen molar-refractivity contribution in [1.29, 1.82) is 0 Å². The average Bonchev–Trinajstić information content (AvgIpc) is 2.99. The highest BCUT2D eigenvalue weighted by molar-refractivity contribution is 4.71. The third-order valence-corrected chi connectivity index (χ3v) is 2.74. The van der Waals surface area contributed by atoms with Gasteiger partial charge in [-0.3, -0.25) is 0 Å². The van der Waals surface area contributed by atoms with E-state index in [-0.39, 0.29) is 12.2 Å². The lowest BCUT2D eigenvalue weighted by Gasteiger charge is -2.25. The van der Waals surface area contributed by atoms with Crippen LogP contribution in [0, 0.1) is 0 Å². The lowest BCUT2D eigenvalue weighted by molar-refractivity contribution is -0.108. The van der Waals surface area contributed by atoms with Crippen LogP contribution in [0.1, 0.15) is 25.7 Å². The van der Waals surface area contributed by atoms with Crippen LogP contribution >= 0.6 is 0 Å². The number of ether oxygens (including phenoxy) is 3. The summed E-state index contributed by atoms with van der Waals surface area (Å²) < 4.78 is 15.8. The van der Waals surface area contributed by atoms with E-state index in [9.17, 15) is 5.11 Å². The van der Waals surface area contributed by atoms with Gasteiger partial charge in [0.1, 0.15) is 12.9 Å². The second kappa shape index (κ2) is 5.07. The van der Waals surface area contributed by atoms with E-state index < -0.39 is 0 Å². The molecule has 1 unspecified atom stereocenters. The maximum atomic E-state index is 9.28. The fourth-order valence-electron chi connectivity index (χ4n) is 1.70.